The van der Waals surface area contributed by atoms with Crippen LogP contribution in [0.4, 0.5) is 0 Å². The fourth-order valence-corrected chi connectivity index (χ4v) is 2.48. The molecule has 0 unspecified atom stereocenters. The Hall–Kier alpha value is -2.40. The molecule has 0 bridgehead atoms. The highest BCUT2D eigenvalue weighted by Gasteiger charge is 2.03. The number of unbranched alkanes of at least 4 members (excludes halogenated alkanes) is 2. The van der Waals surface area contributed by atoms with Gasteiger partial charge >= 0.3 is 0 Å². The van der Waals surface area contributed by atoms with Crippen molar-refractivity contribution in [3.05, 3.63) is 48.8 Å². The van der Waals surface area contributed by atoms with Gasteiger partial charge in [-0.1, -0.05) is 32.4 Å². The van der Waals surface area contributed by atoms with Crippen LogP contribution in [0.3, 0.4) is 0 Å². The maximum absolute atomic E-state index is 5.69. The Labute approximate surface area is 168 Å². The van der Waals surface area contributed by atoms with Crippen LogP contribution < -0.4 is 9.47 Å². The van der Waals surface area contributed by atoms with Crippen LogP contribution in [0, 0.1) is 0 Å². The molecule has 1 heterocycles. The largest absolute Gasteiger partial charge is 0.490 e. The number of rotatable bonds is 14. The summed E-state index contributed by atoms with van der Waals surface area (Å²) in [7, 11) is 0. The molecule has 2 rings (SSSR count). The van der Waals surface area contributed by atoms with Crippen molar-refractivity contribution in [3.63, 3.8) is 0 Å². The summed E-state index contributed by atoms with van der Waals surface area (Å²) in [5.74, 6) is 2.21. The summed E-state index contributed by atoms with van der Waals surface area (Å²) in [4.78, 5) is 8.80. The third-order valence-electron chi connectivity index (χ3n) is 4.01. The Balaban J connectivity index is 1.73. The summed E-state index contributed by atoms with van der Waals surface area (Å²) < 4.78 is 16.8. The Morgan fingerprint density at radius 2 is 1.54 bits per heavy atom. The molecule has 0 saturated heterocycles. The molecule has 152 valence electrons. The second kappa shape index (κ2) is 13.7. The topological polar surface area (TPSA) is 53.5 Å². The van der Waals surface area contributed by atoms with Crippen molar-refractivity contribution in [2.24, 2.45) is 0 Å². The van der Waals surface area contributed by atoms with Crippen molar-refractivity contribution in [2.75, 3.05) is 26.4 Å². The van der Waals surface area contributed by atoms with E-state index in [1.165, 1.54) is 0 Å². The van der Waals surface area contributed by atoms with Crippen molar-refractivity contribution >= 4 is 0 Å². The van der Waals surface area contributed by atoms with Crippen molar-refractivity contribution in [2.45, 2.75) is 46.0 Å². The van der Waals surface area contributed by atoms with Gasteiger partial charge in [-0.2, -0.15) is 0 Å². The second-order valence-electron chi connectivity index (χ2n) is 6.51. The number of hydrogen-bond acceptors (Lipinski definition) is 5. The molecule has 0 aliphatic heterocycles. The van der Waals surface area contributed by atoms with Crippen LogP contribution in [-0.4, -0.2) is 36.4 Å². The molecule has 0 spiro atoms. The van der Waals surface area contributed by atoms with Crippen LogP contribution in [0.5, 0.6) is 11.5 Å². The minimum Gasteiger partial charge on any atom is -0.490 e. The maximum Gasteiger partial charge on any atom is 0.159 e. The quantitative estimate of drug-likeness (QED) is 0.319. The highest BCUT2D eigenvalue weighted by Crippen LogP contribution is 2.20. The van der Waals surface area contributed by atoms with Gasteiger partial charge in [0.2, 0.25) is 0 Å². The SMILES string of the molecule is CCC/C=C/COc1ccc(-c2ncc(OCCCCOCCC)cn2)cc1. The fraction of sp³-hybridized carbons (Fsp3) is 0.478. The Bertz CT molecular complexity index is 669. The van der Waals surface area contributed by atoms with E-state index in [-0.39, 0.29) is 0 Å². The van der Waals surface area contributed by atoms with Crippen molar-refractivity contribution in [1.82, 2.24) is 9.97 Å². The molecular formula is C23H32N2O3. The van der Waals surface area contributed by atoms with Gasteiger partial charge in [-0.15, -0.1) is 0 Å². The zero-order valence-electron chi connectivity index (χ0n) is 17.1. The number of allylic oxidation sites excluding steroid dienone is 1. The summed E-state index contributed by atoms with van der Waals surface area (Å²) >= 11 is 0. The molecule has 0 atom stereocenters. The van der Waals surface area contributed by atoms with E-state index in [1.54, 1.807) is 12.4 Å². The first-order chi connectivity index (χ1) is 13.8. The lowest BCUT2D eigenvalue weighted by Gasteiger charge is -2.07. The molecule has 0 amide bonds. The van der Waals surface area contributed by atoms with Crippen molar-refractivity contribution in [3.8, 4) is 22.9 Å². The van der Waals surface area contributed by atoms with Gasteiger partial charge in [0.05, 0.1) is 19.0 Å². The number of aromatic nitrogens is 2. The van der Waals surface area contributed by atoms with Gasteiger partial charge in [0.15, 0.2) is 11.6 Å². The Kier molecular flexibility index (Phi) is 10.7. The summed E-state index contributed by atoms with van der Waals surface area (Å²) in [6.07, 6.45) is 12.9. The molecule has 0 radical (unpaired) electrons. The number of benzene rings is 1. The fourth-order valence-electron chi connectivity index (χ4n) is 2.48. The van der Waals surface area contributed by atoms with Gasteiger partial charge in [0, 0.05) is 18.8 Å². The van der Waals surface area contributed by atoms with Gasteiger partial charge in [-0.25, -0.2) is 9.97 Å². The van der Waals surface area contributed by atoms with Crippen LogP contribution in [0.2, 0.25) is 0 Å². The molecule has 1 aromatic carbocycles. The molecule has 5 nitrogen and oxygen atoms in total. The lowest BCUT2D eigenvalue weighted by Crippen LogP contribution is -2.02. The van der Waals surface area contributed by atoms with Gasteiger partial charge in [-0.05, 0) is 49.9 Å². The highest BCUT2D eigenvalue weighted by atomic mass is 16.5. The van der Waals surface area contributed by atoms with Crippen LogP contribution >= 0.6 is 0 Å². The van der Waals surface area contributed by atoms with Crippen LogP contribution in [0.25, 0.3) is 11.4 Å². The first-order valence-electron chi connectivity index (χ1n) is 10.2. The van der Waals surface area contributed by atoms with Crippen molar-refractivity contribution in [1.29, 1.82) is 0 Å². The van der Waals surface area contributed by atoms with Crippen LogP contribution in [0.15, 0.2) is 48.8 Å². The standard InChI is InChI=1S/C23H32N2O3/c1-3-5-6-7-16-27-21-12-10-20(11-13-21)23-24-18-22(19-25-23)28-17-9-8-15-26-14-4-2/h6-7,10-13,18-19H,3-5,8-9,14-17H2,1-2H3/b7-6+. The second-order valence-corrected chi connectivity index (χ2v) is 6.51. The average molecular weight is 385 g/mol. The van der Waals surface area contributed by atoms with Gasteiger partial charge in [-0.3, -0.25) is 0 Å². The molecule has 1 aromatic heterocycles. The highest BCUT2D eigenvalue weighted by molar-refractivity contribution is 5.56. The molecule has 0 saturated carbocycles. The zero-order valence-corrected chi connectivity index (χ0v) is 17.1. The van der Waals surface area contributed by atoms with E-state index in [9.17, 15) is 0 Å². The lowest BCUT2D eigenvalue weighted by atomic mass is 10.2. The number of hydrogen-bond donors (Lipinski definition) is 0. The van der Waals surface area contributed by atoms with E-state index < -0.39 is 0 Å². The maximum atomic E-state index is 5.69. The molecule has 0 aliphatic rings. The molecule has 5 heteroatoms. The average Bonchev–Trinajstić information content (AvgIpc) is 2.74. The minimum absolute atomic E-state index is 0.590. The van der Waals surface area contributed by atoms with Gasteiger partial charge < -0.3 is 14.2 Å². The molecule has 0 fully saturated rings. The van der Waals surface area contributed by atoms with Crippen molar-refractivity contribution < 1.29 is 14.2 Å². The summed E-state index contributed by atoms with van der Waals surface area (Å²) in [5, 5.41) is 0. The van der Waals surface area contributed by atoms with E-state index in [0.717, 1.165) is 56.6 Å². The summed E-state index contributed by atoms with van der Waals surface area (Å²) in [6.45, 7) is 7.14. The molecular weight excluding hydrogens is 352 g/mol. The molecule has 0 N–H and O–H groups in total. The molecule has 0 aliphatic carbocycles. The first-order valence-corrected chi connectivity index (χ1v) is 10.2. The first kappa shape index (κ1) is 21.9. The predicted molar refractivity (Wildman–Crippen MR) is 113 cm³/mol. The Morgan fingerprint density at radius 3 is 2.25 bits per heavy atom. The van der Waals surface area contributed by atoms with Gasteiger partial charge in [0.25, 0.3) is 0 Å². The van der Waals surface area contributed by atoms with E-state index in [2.05, 4.69) is 36.0 Å². The van der Waals surface area contributed by atoms with E-state index in [0.29, 0.717) is 24.8 Å². The summed E-state index contributed by atoms with van der Waals surface area (Å²) in [6, 6.07) is 7.82. The molecule has 28 heavy (non-hydrogen) atoms. The van der Waals surface area contributed by atoms with Crippen LogP contribution in [-0.2, 0) is 4.74 Å². The number of ether oxygens (including phenoxy) is 3. The molecule has 2 aromatic rings. The van der Waals surface area contributed by atoms with E-state index in [4.69, 9.17) is 14.2 Å². The number of nitrogens with zero attached hydrogens (tertiary/aromatic N) is 2. The normalized spacial score (nSPS) is 11.1. The predicted octanol–water partition coefficient (Wildman–Crippen LogP) is 5.46. The van der Waals surface area contributed by atoms with E-state index >= 15 is 0 Å². The lowest BCUT2D eigenvalue weighted by molar-refractivity contribution is 0.127. The monoisotopic (exact) mass is 384 g/mol. The van der Waals surface area contributed by atoms with Crippen LogP contribution in [0.1, 0.15) is 46.0 Å². The smallest absolute Gasteiger partial charge is 0.159 e. The third kappa shape index (κ3) is 8.53. The third-order valence-corrected chi connectivity index (χ3v) is 4.01. The Morgan fingerprint density at radius 1 is 0.786 bits per heavy atom. The zero-order chi connectivity index (χ0) is 19.9. The van der Waals surface area contributed by atoms with E-state index in [1.807, 2.05) is 24.3 Å². The summed E-state index contributed by atoms with van der Waals surface area (Å²) in [5.41, 5.74) is 0.952. The minimum atomic E-state index is 0.590. The van der Waals surface area contributed by atoms with Gasteiger partial charge in [0.1, 0.15) is 12.4 Å².